The van der Waals surface area contributed by atoms with Crippen molar-refractivity contribution in [2.75, 3.05) is 20.8 Å². The van der Waals surface area contributed by atoms with Crippen LogP contribution in [0.2, 0.25) is 0 Å². The highest BCUT2D eigenvalue weighted by atomic mass is 32.2. The molecule has 8 heteroatoms. The number of aromatic nitrogens is 1. The second kappa shape index (κ2) is 11.0. The molecule has 3 rings (SSSR count). The van der Waals surface area contributed by atoms with E-state index in [-0.39, 0.29) is 12.5 Å². The van der Waals surface area contributed by atoms with Crippen molar-refractivity contribution in [3.63, 3.8) is 0 Å². The van der Waals surface area contributed by atoms with Crippen LogP contribution in [-0.2, 0) is 21.8 Å². The number of benzene rings is 2. The second-order valence-electron chi connectivity index (χ2n) is 6.78. The van der Waals surface area contributed by atoms with Crippen LogP contribution in [0.3, 0.4) is 0 Å². The molecular formula is C23H24N2O4S2. The van der Waals surface area contributed by atoms with Crippen molar-refractivity contribution in [1.82, 2.24) is 9.88 Å². The van der Waals surface area contributed by atoms with Gasteiger partial charge in [-0.3, -0.25) is 4.79 Å². The third kappa shape index (κ3) is 6.32. The number of carbonyl (C=O) groups is 2. The number of carbonyl (C=O) groups excluding carboxylic acids is 2. The summed E-state index contributed by atoms with van der Waals surface area (Å²) in [5.41, 5.74) is 2.30. The van der Waals surface area contributed by atoms with Gasteiger partial charge in [0.1, 0.15) is 5.75 Å². The lowest BCUT2D eigenvalue weighted by molar-refractivity contribution is -0.133. The van der Waals surface area contributed by atoms with Crippen molar-refractivity contribution >= 4 is 35.0 Å². The lowest BCUT2D eigenvalue weighted by Gasteiger charge is -2.19. The van der Waals surface area contributed by atoms with Crippen LogP contribution >= 0.6 is 23.1 Å². The Morgan fingerprint density at radius 3 is 2.61 bits per heavy atom. The monoisotopic (exact) mass is 456 g/mol. The lowest BCUT2D eigenvalue weighted by atomic mass is 10.2. The number of hydrogen-bond donors (Lipinski definition) is 0. The van der Waals surface area contributed by atoms with Crippen molar-refractivity contribution in [3.05, 3.63) is 75.7 Å². The first-order valence-electron chi connectivity index (χ1n) is 9.63. The number of ether oxygens (including phenoxy) is 2. The Hall–Kier alpha value is -2.84. The first kappa shape index (κ1) is 22.8. The summed E-state index contributed by atoms with van der Waals surface area (Å²) in [4.78, 5) is 31.9. The Bertz CT molecular complexity index is 1050. The largest absolute Gasteiger partial charge is 0.496 e. The quantitative estimate of drug-likeness (QED) is 0.347. The van der Waals surface area contributed by atoms with E-state index >= 15 is 0 Å². The Morgan fingerprint density at radius 1 is 1.13 bits per heavy atom. The Balaban J connectivity index is 1.57. The van der Waals surface area contributed by atoms with Gasteiger partial charge in [0, 0.05) is 35.2 Å². The van der Waals surface area contributed by atoms with Gasteiger partial charge in [-0.15, -0.1) is 23.1 Å². The fourth-order valence-electron chi connectivity index (χ4n) is 2.88. The molecule has 162 valence electrons. The van der Waals surface area contributed by atoms with E-state index in [0.717, 1.165) is 21.2 Å². The summed E-state index contributed by atoms with van der Waals surface area (Å²) in [5, 5.41) is 3.03. The van der Waals surface area contributed by atoms with Crippen LogP contribution in [-0.4, -0.2) is 42.5 Å². The molecular weight excluding hydrogens is 432 g/mol. The number of thioether (sulfide) groups is 1. The van der Waals surface area contributed by atoms with E-state index < -0.39 is 5.97 Å². The molecule has 0 spiro atoms. The van der Waals surface area contributed by atoms with Crippen molar-refractivity contribution in [2.45, 2.75) is 24.1 Å². The third-order valence-corrected chi connectivity index (χ3v) is 6.43. The fraction of sp³-hybridized carbons (Fsp3) is 0.261. The maximum Gasteiger partial charge on any atom is 0.339 e. The number of likely N-dealkylation sites (N-methyl/N-ethyl adjacent to an activating group) is 1. The molecule has 0 saturated heterocycles. The molecule has 2 aromatic carbocycles. The van der Waals surface area contributed by atoms with Gasteiger partial charge < -0.3 is 14.4 Å². The summed E-state index contributed by atoms with van der Waals surface area (Å²) >= 11 is 3.12. The number of methoxy groups -OCH3 is 1. The molecule has 1 aromatic heterocycles. The van der Waals surface area contributed by atoms with Gasteiger partial charge in [0.25, 0.3) is 5.91 Å². The molecule has 0 unspecified atom stereocenters. The Kier molecular flexibility index (Phi) is 8.08. The number of rotatable bonds is 9. The van der Waals surface area contributed by atoms with Crippen LogP contribution in [0.5, 0.6) is 5.75 Å². The van der Waals surface area contributed by atoms with Gasteiger partial charge in [-0.25, -0.2) is 9.78 Å². The number of hydrogen-bond acceptors (Lipinski definition) is 7. The highest BCUT2D eigenvalue weighted by molar-refractivity contribution is 7.98. The van der Waals surface area contributed by atoms with Gasteiger partial charge in [-0.1, -0.05) is 30.3 Å². The molecule has 6 nitrogen and oxygen atoms in total. The molecule has 1 amide bonds. The molecule has 0 atom stereocenters. The SMILES string of the molecule is COc1ccccc1CN(C)C(=O)COC(=O)c1ccccc1SCc1csc(C)n1. The standard InChI is InChI=1S/C23H24N2O4S2/c1-16-24-18(14-30-16)15-31-21-11-7-5-9-19(21)23(27)29-13-22(26)25(2)12-17-8-4-6-10-20(17)28-3/h4-11,14H,12-13,15H2,1-3H3. The van der Waals surface area contributed by atoms with Crippen LogP contribution < -0.4 is 4.74 Å². The minimum Gasteiger partial charge on any atom is -0.496 e. The number of aryl methyl sites for hydroxylation is 1. The molecule has 0 N–H and O–H groups in total. The molecule has 0 aliphatic heterocycles. The van der Waals surface area contributed by atoms with Crippen molar-refractivity contribution in [3.8, 4) is 5.75 Å². The number of para-hydroxylation sites is 1. The fourth-order valence-corrected chi connectivity index (χ4v) is 4.53. The van der Waals surface area contributed by atoms with Gasteiger partial charge in [-0.2, -0.15) is 0 Å². The summed E-state index contributed by atoms with van der Waals surface area (Å²) in [6.45, 7) is 2.00. The van der Waals surface area contributed by atoms with Crippen LogP contribution in [0.1, 0.15) is 26.6 Å². The predicted octanol–water partition coefficient (Wildman–Crippen LogP) is 4.57. The minimum atomic E-state index is -0.517. The van der Waals surface area contributed by atoms with E-state index in [4.69, 9.17) is 9.47 Å². The van der Waals surface area contributed by atoms with Crippen molar-refractivity contribution < 1.29 is 19.1 Å². The normalized spacial score (nSPS) is 10.5. The smallest absolute Gasteiger partial charge is 0.339 e. The molecule has 0 fully saturated rings. The summed E-state index contributed by atoms with van der Waals surface area (Å²) < 4.78 is 10.6. The predicted molar refractivity (Wildman–Crippen MR) is 123 cm³/mol. The topological polar surface area (TPSA) is 68.7 Å². The first-order valence-corrected chi connectivity index (χ1v) is 11.5. The lowest BCUT2D eigenvalue weighted by Crippen LogP contribution is -2.31. The van der Waals surface area contributed by atoms with Gasteiger partial charge >= 0.3 is 5.97 Å². The van der Waals surface area contributed by atoms with Gasteiger partial charge in [0.15, 0.2) is 6.61 Å². The summed E-state index contributed by atoms with van der Waals surface area (Å²) in [6.07, 6.45) is 0. The van der Waals surface area contributed by atoms with E-state index in [1.54, 1.807) is 37.6 Å². The van der Waals surface area contributed by atoms with E-state index in [1.165, 1.54) is 16.7 Å². The molecule has 1 heterocycles. The molecule has 31 heavy (non-hydrogen) atoms. The maximum absolute atomic E-state index is 12.6. The van der Waals surface area contributed by atoms with Gasteiger partial charge in [0.2, 0.25) is 0 Å². The molecule has 0 aliphatic carbocycles. The number of thiazole rings is 1. The van der Waals surface area contributed by atoms with Crippen LogP contribution in [0.4, 0.5) is 0 Å². The average Bonchev–Trinajstić information content (AvgIpc) is 3.21. The number of amides is 1. The first-order chi connectivity index (χ1) is 15.0. The summed E-state index contributed by atoms with van der Waals surface area (Å²) in [7, 11) is 3.26. The van der Waals surface area contributed by atoms with E-state index in [2.05, 4.69) is 4.98 Å². The van der Waals surface area contributed by atoms with Crippen LogP contribution in [0, 0.1) is 6.92 Å². The summed E-state index contributed by atoms with van der Waals surface area (Å²) in [6, 6.07) is 14.7. The Labute approximate surface area is 190 Å². The molecule has 0 radical (unpaired) electrons. The zero-order chi connectivity index (χ0) is 22.2. The average molecular weight is 457 g/mol. The highest BCUT2D eigenvalue weighted by Crippen LogP contribution is 2.27. The number of nitrogens with zero attached hydrogens (tertiary/aromatic N) is 2. The number of esters is 1. The zero-order valence-corrected chi connectivity index (χ0v) is 19.3. The molecule has 0 aliphatic rings. The van der Waals surface area contributed by atoms with Gasteiger partial charge in [-0.05, 0) is 25.1 Å². The third-order valence-electron chi connectivity index (χ3n) is 4.50. The van der Waals surface area contributed by atoms with Crippen molar-refractivity contribution in [2.24, 2.45) is 0 Å². The molecule has 0 saturated carbocycles. The second-order valence-corrected chi connectivity index (χ2v) is 8.86. The van der Waals surface area contributed by atoms with E-state index in [9.17, 15) is 9.59 Å². The summed E-state index contributed by atoms with van der Waals surface area (Å²) in [5.74, 6) is 0.564. The molecule has 3 aromatic rings. The highest BCUT2D eigenvalue weighted by Gasteiger charge is 2.17. The van der Waals surface area contributed by atoms with Gasteiger partial charge in [0.05, 0.1) is 23.4 Å². The van der Waals surface area contributed by atoms with Crippen LogP contribution in [0.25, 0.3) is 0 Å². The zero-order valence-electron chi connectivity index (χ0n) is 17.7. The maximum atomic E-state index is 12.6. The van der Waals surface area contributed by atoms with Crippen LogP contribution in [0.15, 0.2) is 58.8 Å². The van der Waals surface area contributed by atoms with E-state index in [1.807, 2.05) is 48.7 Å². The Morgan fingerprint density at radius 2 is 1.87 bits per heavy atom. The molecule has 0 bridgehead atoms. The minimum absolute atomic E-state index is 0.290. The van der Waals surface area contributed by atoms with Crippen molar-refractivity contribution in [1.29, 1.82) is 0 Å². The van der Waals surface area contributed by atoms with E-state index in [0.29, 0.717) is 23.6 Å².